The third-order valence-electron chi connectivity index (χ3n) is 4.38. The number of hydrogen-bond acceptors (Lipinski definition) is 3. The van der Waals surface area contributed by atoms with Crippen LogP contribution in [0.15, 0.2) is 65.1 Å². The SMILES string of the molecule is O=C(/C=C/c1ccccc1Br)N[C@@H](CN1CCOCC1)c1ccccc1. The predicted molar refractivity (Wildman–Crippen MR) is 108 cm³/mol. The van der Waals surface area contributed by atoms with Crippen LogP contribution < -0.4 is 5.32 Å². The molecule has 1 heterocycles. The molecular formula is C21H23BrN2O2. The smallest absolute Gasteiger partial charge is 0.244 e. The molecule has 2 aromatic rings. The number of carbonyl (C=O) groups is 1. The van der Waals surface area contributed by atoms with Gasteiger partial charge >= 0.3 is 0 Å². The molecule has 1 fully saturated rings. The Labute approximate surface area is 163 Å². The third kappa shape index (κ3) is 5.53. The molecule has 0 radical (unpaired) electrons. The summed E-state index contributed by atoms with van der Waals surface area (Å²) in [5, 5.41) is 3.15. The van der Waals surface area contributed by atoms with Crippen molar-refractivity contribution in [2.45, 2.75) is 6.04 Å². The number of hydrogen-bond donors (Lipinski definition) is 1. The summed E-state index contributed by atoms with van der Waals surface area (Å²) in [6.07, 6.45) is 3.42. The Balaban J connectivity index is 1.68. The predicted octanol–water partition coefficient (Wildman–Crippen LogP) is 3.65. The van der Waals surface area contributed by atoms with Crippen molar-refractivity contribution in [2.24, 2.45) is 0 Å². The van der Waals surface area contributed by atoms with E-state index in [0.717, 1.165) is 48.4 Å². The Kier molecular flexibility index (Phi) is 7.00. The van der Waals surface area contributed by atoms with Gasteiger partial charge in [-0.25, -0.2) is 0 Å². The molecule has 1 saturated heterocycles. The molecule has 1 aliphatic heterocycles. The topological polar surface area (TPSA) is 41.6 Å². The van der Waals surface area contributed by atoms with E-state index in [-0.39, 0.29) is 11.9 Å². The fourth-order valence-electron chi connectivity index (χ4n) is 2.96. The van der Waals surface area contributed by atoms with Crippen LogP contribution >= 0.6 is 15.9 Å². The van der Waals surface area contributed by atoms with Gasteiger partial charge in [-0.15, -0.1) is 0 Å². The summed E-state index contributed by atoms with van der Waals surface area (Å²) in [6, 6.07) is 17.9. The Morgan fingerprint density at radius 1 is 1.12 bits per heavy atom. The Morgan fingerprint density at radius 3 is 2.54 bits per heavy atom. The number of carbonyl (C=O) groups excluding carboxylic acids is 1. The quantitative estimate of drug-likeness (QED) is 0.733. The molecule has 3 rings (SSSR count). The summed E-state index contributed by atoms with van der Waals surface area (Å²) in [4.78, 5) is 14.8. The van der Waals surface area contributed by atoms with Gasteiger partial charge in [0.1, 0.15) is 0 Å². The van der Waals surface area contributed by atoms with E-state index in [2.05, 4.69) is 38.3 Å². The molecule has 0 saturated carbocycles. The van der Waals surface area contributed by atoms with Crippen LogP contribution in [0.5, 0.6) is 0 Å². The second kappa shape index (κ2) is 9.67. The number of morpholine rings is 1. The molecule has 26 heavy (non-hydrogen) atoms. The highest BCUT2D eigenvalue weighted by atomic mass is 79.9. The number of rotatable bonds is 6. The second-order valence-electron chi connectivity index (χ2n) is 6.24. The second-order valence-corrected chi connectivity index (χ2v) is 7.09. The van der Waals surface area contributed by atoms with Gasteiger partial charge in [-0.2, -0.15) is 0 Å². The maximum absolute atomic E-state index is 12.5. The average Bonchev–Trinajstić information content (AvgIpc) is 2.68. The molecule has 0 unspecified atom stereocenters. The Hall–Kier alpha value is -1.95. The minimum atomic E-state index is -0.0946. The van der Waals surface area contributed by atoms with E-state index in [1.165, 1.54) is 0 Å². The number of amides is 1. The lowest BCUT2D eigenvalue weighted by molar-refractivity contribution is -0.117. The molecule has 5 heteroatoms. The lowest BCUT2D eigenvalue weighted by atomic mass is 10.1. The van der Waals surface area contributed by atoms with Crippen molar-refractivity contribution in [3.8, 4) is 0 Å². The molecule has 2 aromatic carbocycles. The molecule has 1 aliphatic rings. The maximum atomic E-state index is 12.5. The molecule has 4 nitrogen and oxygen atoms in total. The van der Waals surface area contributed by atoms with Crippen molar-refractivity contribution in [3.63, 3.8) is 0 Å². The lowest BCUT2D eigenvalue weighted by Crippen LogP contribution is -2.42. The number of benzene rings is 2. The fourth-order valence-corrected chi connectivity index (χ4v) is 3.37. The van der Waals surface area contributed by atoms with Crippen LogP contribution in [-0.4, -0.2) is 43.7 Å². The Bertz CT molecular complexity index is 743. The van der Waals surface area contributed by atoms with Gasteiger partial charge in [0, 0.05) is 30.2 Å². The van der Waals surface area contributed by atoms with Crippen molar-refractivity contribution in [1.29, 1.82) is 0 Å². The summed E-state index contributed by atoms with van der Waals surface area (Å²) in [7, 11) is 0. The number of nitrogens with one attached hydrogen (secondary N) is 1. The lowest BCUT2D eigenvalue weighted by Gasteiger charge is -2.31. The zero-order valence-corrected chi connectivity index (χ0v) is 16.2. The maximum Gasteiger partial charge on any atom is 0.244 e. The summed E-state index contributed by atoms with van der Waals surface area (Å²) in [5.41, 5.74) is 2.09. The first kappa shape index (κ1) is 18.8. The van der Waals surface area contributed by atoms with Crippen LogP contribution in [0, 0.1) is 0 Å². The van der Waals surface area contributed by atoms with Crippen molar-refractivity contribution >= 4 is 27.9 Å². The van der Waals surface area contributed by atoms with Crippen molar-refractivity contribution < 1.29 is 9.53 Å². The van der Waals surface area contributed by atoms with Gasteiger partial charge in [-0.3, -0.25) is 9.69 Å². The van der Waals surface area contributed by atoms with Gasteiger partial charge in [-0.1, -0.05) is 64.5 Å². The van der Waals surface area contributed by atoms with Gasteiger partial charge in [0.25, 0.3) is 0 Å². The van der Waals surface area contributed by atoms with Crippen molar-refractivity contribution in [2.75, 3.05) is 32.8 Å². The molecule has 0 spiro atoms. The summed E-state index contributed by atoms with van der Waals surface area (Å²) >= 11 is 3.50. The number of ether oxygens (including phenoxy) is 1. The van der Waals surface area contributed by atoms with Gasteiger partial charge < -0.3 is 10.1 Å². The van der Waals surface area contributed by atoms with Crippen LogP contribution in [0.25, 0.3) is 6.08 Å². The highest BCUT2D eigenvalue weighted by Gasteiger charge is 2.19. The van der Waals surface area contributed by atoms with Gasteiger partial charge in [0.05, 0.1) is 19.3 Å². The summed E-state index contributed by atoms with van der Waals surface area (Å²) in [6.45, 7) is 4.06. The third-order valence-corrected chi connectivity index (χ3v) is 5.10. The van der Waals surface area contributed by atoms with Crippen LogP contribution in [0.4, 0.5) is 0 Å². The molecule has 0 aliphatic carbocycles. The van der Waals surface area contributed by atoms with Gasteiger partial charge in [-0.05, 0) is 23.3 Å². The number of nitrogens with zero attached hydrogens (tertiary/aromatic N) is 1. The standard InChI is InChI=1S/C21H23BrN2O2/c22-19-9-5-4-6-17(19)10-11-21(25)23-20(18-7-2-1-3-8-18)16-24-12-14-26-15-13-24/h1-11,20H,12-16H2,(H,23,25)/b11-10+/t20-/m0/s1. The van der Waals surface area contributed by atoms with Crippen LogP contribution in [0.3, 0.4) is 0 Å². The molecule has 1 atom stereocenters. The first-order valence-electron chi connectivity index (χ1n) is 8.80. The van der Waals surface area contributed by atoms with E-state index in [1.807, 2.05) is 48.5 Å². The highest BCUT2D eigenvalue weighted by molar-refractivity contribution is 9.10. The van der Waals surface area contributed by atoms with Crippen LogP contribution in [0.2, 0.25) is 0 Å². The number of halogens is 1. The zero-order chi connectivity index (χ0) is 18.2. The molecular weight excluding hydrogens is 392 g/mol. The first-order chi connectivity index (χ1) is 12.7. The van der Waals surface area contributed by atoms with E-state index in [4.69, 9.17) is 4.74 Å². The van der Waals surface area contributed by atoms with E-state index >= 15 is 0 Å². The van der Waals surface area contributed by atoms with E-state index in [9.17, 15) is 4.79 Å². The zero-order valence-electron chi connectivity index (χ0n) is 14.6. The first-order valence-corrected chi connectivity index (χ1v) is 9.60. The molecule has 136 valence electrons. The summed E-state index contributed by atoms with van der Waals surface area (Å²) in [5.74, 6) is -0.0946. The van der Waals surface area contributed by atoms with Crippen LogP contribution in [-0.2, 0) is 9.53 Å². The largest absolute Gasteiger partial charge is 0.379 e. The molecule has 0 bridgehead atoms. The monoisotopic (exact) mass is 414 g/mol. The van der Waals surface area contributed by atoms with Crippen LogP contribution in [0.1, 0.15) is 17.2 Å². The van der Waals surface area contributed by atoms with E-state index < -0.39 is 0 Å². The minimum absolute atomic E-state index is 0.0503. The minimum Gasteiger partial charge on any atom is -0.379 e. The molecule has 1 amide bonds. The van der Waals surface area contributed by atoms with Crippen molar-refractivity contribution in [1.82, 2.24) is 10.2 Å². The normalized spacial score (nSPS) is 16.5. The summed E-state index contributed by atoms with van der Waals surface area (Å²) < 4.78 is 6.39. The molecule has 1 N–H and O–H groups in total. The molecule has 0 aromatic heterocycles. The van der Waals surface area contributed by atoms with Gasteiger partial charge in [0.2, 0.25) is 5.91 Å². The van der Waals surface area contributed by atoms with E-state index in [0.29, 0.717) is 0 Å². The van der Waals surface area contributed by atoms with Crippen molar-refractivity contribution in [3.05, 3.63) is 76.3 Å². The highest BCUT2D eigenvalue weighted by Crippen LogP contribution is 2.18. The van der Waals surface area contributed by atoms with Gasteiger partial charge in [0.15, 0.2) is 0 Å². The average molecular weight is 415 g/mol. The fraction of sp³-hybridized carbons (Fsp3) is 0.286. The van der Waals surface area contributed by atoms with E-state index in [1.54, 1.807) is 6.08 Å². The Morgan fingerprint density at radius 2 is 1.81 bits per heavy atom.